The molecule has 0 aliphatic heterocycles. The molecule has 1 aromatic carbocycles. The lowest BCUT2D eigenvalue weighted by Gasteiger charge is -2.36. The molecule has 0 bridgehead atoms. The Morgan fingerprint density at radius 3 is 2.23 bits per heavy atom. The number of benzene rings is 1. The van der Waals surface area contributed by atoms with Crippen LogP contribution in [0.15, 0.2) is 29.2 Å². The fourth-order valence-corrected chi connectivity index (χ4v) is 4.76. The van der Waals surface area contributed by atoms with Crippen molar-refractivity contribution >= 4 is 15.9 Å². The molecule has 26 heavy (non-hydrogen) atoms. The smallest absolute Gasteiger partial charge is 0.242 e. The Bertz CT molecular complexity index is 728. The van der Waals surface area contributed by atoms with Gasteiger partial charge in [-0.1, -0.05) is 39.0 Å². The van der Waals surface area contributed by atoms with E-state index in [4.69, 9.17) is 0 Å². The number of sulfonamides is 1. The van der Waals surface area contributed by atoms with Gasteiger partial charge in [-0.25, -0.2) is 12.7 Å². The van der Waals surface area contributed by atoms with Crippen LogP contribution in [0, 0.1) is 17.3 Å². The monoisotopic (exact) mass is 380 g/mol. The molecule has 0 saturated heterocycles. The van der Waals surface area contributed by atoms with Gasteiger partial charge in [0.1, 0.15) is 0 Å². The van der Waals surface area contributed by atoms with E-state index in [-0.39, 0.29) is 23.3 Å². The SMILES string of the molecule is CN(C)S(=O)(=O)c1ccccc1CNC(=O)C1CCC(C(C)(C)C)CC1. The largest absolute Gasteiger partial charge is 0.352 e. The zero-order valence-electron chi connectivity index (χ0n) is 16.6. The highest BCUT2D eigenvalue weighted by molar-refractivity contribution is 7.89. The molecule has 0 heterocycles. The molecule has 1 aromatic rings. The molecule has 1 aliphatic carbocycles. The second-order valence-electron chi connectivity index (χ2n) is 8.53. The molecule has 5 nitrogen and oxygen atoms in total. The van der Waals surface area contributed by atoms with Crippen LogP contribution < -0.4 is 5.32 Å². The first-order chi connectivity index (χ1) is 12.0. The molecule has 0 unspecified atom stereocenters. The minimum Gasteiger partial charge on any atom is -0.352 e. The van der Waals surface area contributed by atoms with Crippen LogP contribution in [0.4, 0.5) is 0 Å². The summed E-state index contributed by atoms with van der Waals surface area (Å²) in [6.07, 6.45) is 3.97. The second-order valence-corrected chi connectivity index (χ2v) is 10.6. The van der Waals surface area contributed by atoms with Crippen LogP contribution in [-0.2, 0) is 21.4 Å². The van der Waals surface area contributed by atoms with Crippen molar-refractivity contribution in [1.82, 2.24) is 9.62 Å². The van der Waals surface area contributed by atoms with Crippen LogP contribution in [-0.4, -0.2) is 32.7 Å². The van der Waals surface area contributed by atoms with E-state index in [1.807, 2.05) is 0 Å². The second kappa shape index (κ2) is 8.09. The lowest BCUT2D eigenvalue weighted by molar-refractivity contribution is -0.126. The summed E-state index contributed by atoms with van der Waals surface area (Å²) in [6, 6.07) is 6.85. The number of carbonyl (C=O) groups excluding carboxylic acids is 1. The van der Waals surface area contributed by atoms with Gasteiger partial charge in [0.05, 0.1) is 4.90 Å². The maximum Gasteiger partial charge on any atom is 0.242 e. The standard InChI is InChI=1S/C20H32N2O3S/c1-20(2,3)17-12-10-15(11-13-17)19(23)21-14-16-8-6-7-9-18(16)26(24,25)22(4)5/h6-9,15,17H,10-14H2,1-5H3,(H,21,23). The molecule has 0 atom stereocenters. The Morgan fingerprint density at radius 1 is 1.12 bits per heavy atom. The van der Waals surface area contributed by atoms with E-state index >= 15 is 0 Å². The first-order valence-electron chi connectivity index (χ1n) is 9.31. The van der Waals surface area contributed by atoms with Crippen molar-refractivity contribution in [3.8, 4) is 0 Å². The van der Waals surface area contributed by atoms with Crippen LogP contribution >= 0.6 is 0 Å². The quantitative estimate of drug-likeness (QED) is 0.851. The van der Waals surface area contributed by atoms with Crippen molar-refractivity contribution in [2.45, 2.75) is 57.9 Å². The Balaban J connectivity index is 1.99. The van der Waals surface area contributed by atoms with Gasteiger partial charge in [-0.05, 0) is 48.6 Å². The molecule has 0 aromatic heterocycles. The lowest BCUT2D eigenvalue weighted by atomic mass is 9.69. The van der Waals surface area contributed by atoms with E-state index in [0.717, 1.165) is 25.7 Å². The van der Waals surface area contributed by atoms with Crippen LogP contribution in [0.3, 0.4) is 0 Å². The predicted molar refractivity (Wildman–Crippen MR) is 104 cm³/mol. The van der Waals surface area contributed by atoms with Crippen molar-refractivity contribution in [2.24, 2.45) is 17.3 Å². The molecule has 0 radical (unpaired) electrons. The highest BCUT2D eigenvalue weighted by Crippen LogP contribution is 2.39. The van der Waals surface area contributed by atoms with Crippen LogP contribution in [0.2, 0.25) is 0 Å². The van der Waals surface area contributed by atoms with Crippen molar-refractivity contribution in [3.05, 3.63) is 29.8 Å². The van der Waals surface area contributed by atoms with Gasteiger partial charge in [0.25, 0.3) is 0 Å². The van der Waals surface area contributed by atoms with Gasteiger partial charge in [0, 0.05) is 26.6 Å². The summed E-state index contributed by atoms with van der Waals surface area (Å²) in [5.41, 5.74) is 0.916. The predicted octanol–water partition coefficient (Wildman–Crippen LogP) is 3.41. The first-order valence-corrected chi connectivity index (χ1v) is 10.8. The number of hydrogen-bond acceptors (Lipinski definition) is 3. The molecule has 1 fully saturated rings. The minimum atomic E-state index is -3.52. The van der Waals surface area contributed by atoms with Crippen molar-refractivity contribution in [1.29, 1.82) is 0 Å². The Morgan fingerprint density at radius 2 is 1.69 bits per heavy atom. The maximum absolute atomic E-state index is 12.6. The molecule has 1 amide bonds. The Kier molecular flexibility index (Phi) is 6.51. The molecule has 146 valence electrons. The van der Waals surface area contributed by atoms with E-state index in [9.17, 15) is 13.2 Å². The summed E-state index contributed by atoms with van der Waals surface area (Å²) in [4.78, 5) is 12.8. The number of nitrogens with zero attached hydrogens (tertiary/aromatic N) is 1. The molecule has 2 rings (SSSR count). The van der Waals surface area contributed by atoms with Gasteiger partial charge in [-0.15, -0.1) is 0 Å². The fraction of sp³-hybridized carbons (Fsp3) is 0.650. The van der Waals surface area contributed by atoms with Crippen molar-refractivity contribution in [2.75, 3.05) is 14.1 Å². The highest BCUT2D eigenvalue weighted by atomic mass is 32.2. The van der Waals surface area contributed by atoms with Gasteiger partial charge in [-0.3, -0.25) is 4.79 Å². The lowest BCUT2D eigenvalue weighted by Crippen LogP contribution is -2.35. The van der Waals surface area contributed by atoms with Gasteiger partial charge in [0.15, 0.2) is 0 Å². The van der Waals surface area contributed by atoms with E-state index in [2.05, 4.69) is 26.1 Å². The number of rotatable bonds is 5. The van der Waals surface area contributed by atoms with Gasteiger partial charge in [0.2, 0.25) is 15.9 Å². The molecule has 1 aliphatic rings. The zero-order chi connectivity index (χ0) is 19.5. The summed E-state index contributed by atoms with van der Waals surface area (Å²) in [5.74, 6) is 0.734. The van der Waals surface area contributed by atoms with E-state index in [1.165, 1.54) is 18.4 Å². The summed E-state index contributed by atoms with van der Waals surface area (Å²) >= 11 is 0. The molecule has 6 heteroatoms. The number of nitrogens with one attached hydrogen (secondary N) is 1. The number of hydrogen-bond donors (Lipinski definition) is 1. The van der Waals surface area contributed by atoms with E-state index < -0.39 is 10.0 Å². The molecule has 0 spiro atoms. The fourth-order valence-electron chi connectivity index (χ4n) is 3.65. The van der Waals surface area contributed by atoms with Crippen LogP contribution in [0.1, 0.15) is 52.0 Å². The molecular formula is C20H32N2O3S. The average molecular weight is 381 g/mol. The Hall–Kier alpha value is -1.40. The normalized spacial score (nSPS) is 21.6. The number of amides is 1. The third kappa shape index (κ3) is 4.86. The Labute approximate surface area is 158 Å². The topological polar surface area (TPSA) is 66.5 Å². The summed E-state index contributed by atoms with van der Waals surface area (Å²) in [6.45, 7) is 7.03. The third-order valence-corrected chi connectivity index (χ3v) is 7.42. The highest BCUT2D eigenvalue weighted by Gasteiger charge is 2.32. The van der Waals surface area contributed by atoms with Crippen molar-refractivity contribution < 1.29 is 13.2 Å². The zero-order valence-corrected chi connectivity index (χ0v) is 17.4. The third-order valence-electron chi connectivity index (χ3n) is 5.51. The van der Waals surface area contributed by atoms with Crippen LogP contribution in [0.25, 0.3) is 0 Å². The average Bonchev–Trinajstić information content (AvgIpc) is 2.59. The van der Waals surface area contributed by atoms with Gasteiger partial charge >= 0.3 is 0 Å². The maximum atomic E-state index is 12.6. The molecular weight excluding hydrogens is 348 g/mol. The minimum absolute atomic E-state index is 0.0335. The van der Waals surface area contributed by atoms with E-state index in [1.54, 1.807) is 24.3 Å². The van der Waals surface area contributed by atoms with Gasteiger partial charge in [-0.2, -0.15) is 0 Å². The number of carbonyl (C=O) groups is 1. The van der Waals surface area contributed by atoms with Gasteiger partial charge < -0.3 is 5.32 Å². The first kappa shape index (κ1) is 20.9. The van der Waals surface area contributed by atoms with E-state index in [0.29, 0.717) is 16.9 Å². The van der Waals surface area contributed by atoms with Crippen molar-refractivity contribution in [3.63, 3.8) is 0 Å². The van der Waals surface area contributed by atoms with Crippen LogP contribution in [0.5, 0.6) is 0 Å². The summed E-state index contributed by atoms with van der Waals surface area (Å²) in [5, 5.41) is 2.95. The summed E-state index contributed by atoms with van der Waals surface area (Å²) in [7, 11) is -0.497. The molecule has 1 saturated carbocycles. The molecule has 1 N–H and O–H groups in total. The summed E-state index contributed by atoms with van der Waals surface area (Å²) < 4.78 is 26.1.